The van der Waals surface area contributed by atoms with Gasteiger partial charge in [-0.15, -0.1) is 0 Å². The number of aromatic nitrogens is 1. The van der Waals surface area contributed by atoms with Gasteiger partial charge in [0.05, 0.1) is 16.7 Å². The van der Waals surface area contributed by atoms with Crippen LogP contribution in [0.1, 0.15) is 47.3 Å². The minimum atomic E-state index is -1.21. The summed E-state index contributed by atoms with van der Waals surface area (Å²) in [6, 6.07) is 18.2. The number of hydrogen-bond donors (Lipinski definition) is 3. The molecule has 3 N–H and O–H groups in total. The van der Waals surface area contributed by atoms with Crippen LogP contribution in [-0.4, -0.2) is 33.3 Å². The van der Waals surface area contributed by atoms with E-state index in [9.17, 15) is 24.7 Å². The summed E-state index contributed by atoms with van der Waals surface area (Å²) >= 11 is 6.68. The van der Waals surface area contributed by atoms with Crippen LogP contribution < -0.4 is 14.8 Å². The zero-order valence-corrected chi connectivity index (χ0v) is 24.0. The molecule has 10 heteroatoms. The van der Waals surface area contributed by atoms with Gasteiger partial charge in [-0.2, -0.15) is 5.26 Å². The molecule has 220 valence electrons. The Kier molecular flexibility index (Phi) is 9.22. The maximum atomic E-state index is 14.6. The topological polar surface area (TPSA) is 125 Å². The molecule has 0 amide bonds. The number of halogens is 2. The molecule has 0 unspecified atom stereocenters. The standard InChI is InChI=1S/C33H29ClFN3O5/c1-19(39)32(33(40)41)38-17-22-12-27(34)31(13-30(22)42-18-21-11-20(14-36)15-37-16-21)43-29-10-9-24-23(6-4-7-26(24)29)25-5-2-3-8-28(25)35/h2-8,11-13,15-16,19,29,32,38-39H,9-10,17-18H2,1H3,(H,40,41)/t19-,29-,32+/m0/s1. The van der Waals surface area contributed by atoms with Crippen LogP contribution in [0.5, 0.6) is 11.5 Å². The van der Waals surface area contributed by atoms with E-state index in [1.807, 2.05) is 30.3 Å². The first-order valence-corrected chi connectivity index (χ1v) is 14.1. The van der Waals surface area contributed by atoms with E-state index in [0.717, 1.165) is 16.7 Å². The van der Waals surface area contributed by atoms with Crippen molar-refractivity contribution in [1.29, 1.82) is 5.26 Å². The van der Waals surface area contributed by atoms with Crippen LogP contribution in [0.4, 0.5) is 4.39 Å². The highest BCUT2D eigenvalue weighted by Crippen LogP contribution is 2.43. The van der Waals surface area contributed by atoms with E-state index in [1.54, 1.807) is 36.5 Å². The van der Waals surface area contributed by atoms with Crippen molar-refractivity contribution in [3.63, 3.8) is 0 Å². The van der Waals surface area contributed by atoms with Gasteiger partial charge >= 0.3 is 5.97 Å². The number of ether oxygens (including phenoxy) is 2. The molecule has 0 saturated heterocycles. The number of carbonyl (C=O) groups is 1. The summed E-state index contributed by atoms with van der Waals surface area (Å²) in [5, 5.41) is 31.7. The van der Waals surface area contributed by atoms with Crippen molar-refractivity contribution in [2.24, 2.45) is 0 Å². The normalized spacial score (nSPS) is 15.3. The van der Waals surface area contributed by atoms with Crippen LogP contribution in [0.3, 0.4) is 0 Å². The number of benzene rings is 3. The number of hydrogen-bond acceptors (Lipinski definition) is 7. The van der Waals surface area contributed by atoms with Gasteiger partial charge in [-0.1, -0.05) is 48.0 Å². The molecule has 3 aromatic carbocycles. The number of nitrogens with one attached hydrogen (secondary N) is 1. The molecule has 0 bridgehead atoms. The molecule has 1 aromatic heterocycles. The molecule has 1 aliphatic rings. The lowest BCUT2D eigenvalue weighted by molar-refractivity contribution is -0.142. The molecule has 43 heavy (non-hydrogen) atoms. The van der Waals surface area contributed by atoms with Crippen molar-refractivity contribution >= 4 is 17.6 Å². The fourth-order valence-electron chi connectivity index (χ4n) is 5.24. The molecule has 4 aromatic rings. The van der Waals surface area contributed by atoms with E-state index < -0.39 is 18.1 Å². The smallest absolute Gasteiger partial charge is 0.323 e. The number of nitrogens with zero attached hydrogens (tertiary/aromatic N) is 2. The van der Waals surface area contributed by atoms with E-state index >= 15 is 0 Å². The van der Waals surface area contributed by atoms with Crippen LogP contribution in [0.15, 0.2) is 73.1 Å². The Balaban J connectivity index is 1.43. The molecule has 1 aliphatic carbocycles. The van der Waals surface area contributed by atoms with Gasteiger partial charge in [0.25, 0.3) is 0 Å². The van der Waals surface area contributed by atoms with Gasteiger partial charge in [0.1, 0.15) is 42.1 Å². The van der Waals surface area contributed by atoms with Crippen LogP contribution in [0, 0.1) is 17.1 Å². The lowest BCUT2D eigenvalue weighted by Crippen LogP contribution is -2.44. The quantitative estimate of drug-likeness (QED) is 0.192. The summed E-state index contributed by atoms with van der Waals surface area (Å²) in [6.45, 7) is 1.50. The first-order chi connectivity index (χ1) is 20.7. The second kappa shape index (κ2) is 13.2. The monoisotopic (exact) mass is 601 g/mol. The maximum Gasteiger partial charge on any atom is 0.323 e. The van der Waals surface area contributed by atoms with Crippen molar-refractivity contribution in [1.82, 2.24) is 10.3 Å². The zero-order chi connectivity index (χ0) is 30.5. The van der Waals surface area contributed by atoms with Crippen molar-refractivity contribution in [2.45, 2.75) is 51.2 Å². The Labute approximate surface area is 253 Å². The predicted molar refractivity (Wildman–Crippen MR) is 158 cm³/mol. The minimum Gasteiger partial charge on any atom is -0.488 e. The number of aliphatic carboxylic acids is 1. The van der Waals surface area contributed by atoms with Crippen molar-refractivity contribution in [2.75, 3.05) is 0 Å². The summed E-state index contributed by atoms with van der Waals surface area (Å²) in [5.74, 6) is -0.741. The summed E-state index contributed by atoms with van der Waals surface area (Å²) in [6.07, 6.45) is 2.92. The Bertz CT molecular complexity index is 1690. The largest absolute Gasteiger partial charge is 0.488 e. The number of carboxylic acids is 1. The molecule has 0 radical (unpaired) electrons. The first kappa shape index (κ1) is 30.0. The van der Waals surface area contributed by atoms with Crippen molar-refractivity contribution in [3.05, 3.63) is 112 Å². The molecule has 1 heterocycles. The molecule has 0 spiro atoms. The highest BCUT2D eigenvalue weighted by Gasteiger charge is 2.29. The van der Waals surface area contributed by atoms with E-state index in [2.05, 4.69) is 10.3 Å². The fraction of sp³-hybridized carbons (Fsp3) is 0.242. The zero-order valence-electron chi connectivity index (χ0n) is 23.3. The molecule has 5 rings (SSSR count). The van der Waals surface area contributed by atoms with E-state index in [-0.39, 0.29) is 25.1 Å². The van der Waals surface area contributed by atoms with Crippen molar-refractivity contribution < 1.29 is 28.9 Å². The molecule has 8 nitrogen and oxygen atoms in total. The number of carboxylic acid groups (broad SMARTS) is 1. The number of fused-ring (bicyclic) bond motifs is 1. The van der Waals surface area contributed by atoms with Gasteiger partial charge in [-0.05, 0) is 54.7 Å². The number of aliphatic hydroxyl groups is 1. The van der Waals surface area contributed by atoms with Gasteiger partial charge < -0.3 is 19.7 Å². The third-order valence-corrected chi connectivity index (χ3v) is 7.64. The number of rotatable bonds is 11. The average Bonchev–Trinajstić information content (AvgIpc) is 3.40. The minimum absolute atomic E-state index is 0.0337. The molecular formula is C33H29ClFN3O5. The van der Waals surface area contributed by atoms with E-state index in [1.165, 1.54) is 19.2 Å². The van der Waals surface area contributed by atoms with Gasteiger partial charge in [-0.3, -0.25) is 15.1 Å². The Morgan fingerprint density at radius 2 is 1.95 bits per heavy atom. The summed E-state index contributed by atoms with van der Waals surface area (Å²) in [5.41, 5.74) is 4.93. The SMILES string of the molecule is C[C@H](O)[C@@H](NCc1cc(Cl)c(O[C@H]2CCc3c(-c4ccccc4F)cccc32)cc1OCc1cncc(C#N)c1)C(=O)O. The summed E-state index contributed by atoms with van der Waals surface area (Å²) < 4.78 is 27.2. The van der Waals surface area contributed by atoms with Crippen LogP contribution in [0.25, 0.3) is 11.1 Å². The van der Waals surface area contributed by atoms with E-state index in [0.29, 0.717) is 51.6 Å². The van der Waals surface area contributed by atoms with Crippen molar-refractivity contribution in [3.8, 4) is 28.7 Å². The molecule has 0 aliphatic heterocycles. The Hall–Kier alpha value is -4.49. The van der Waals surface area contributed by atoms with Gasteiger partial charge in [0, 0.05) is 41.7 Å². The number of pyridine rings is 1. The highest BCUT2D eigenvalue weighted by atomic mass is 35.5. The van der Waals surface area contributed by atoms with Crippen LogP contribution in [-0.2, 0) is 24.4 Å². The lowest BCUT2D eigenvalue weighted by Gasteiger charge is -2.21. The molecule has 0 fully saturated rings. The molecule has 3 atom stereocenters. The average molecular weight is 602 g/mol. The second-order valence-electron chi connectivity index (χ2n) is 10.3. The Morgan fingerprint density at radius 1 is 1.16 bits per heavy atom. The molecule has 0 saturated carbocycles. The number of nitriles is 1. The third-order valence-electron chi connectivity index (χ3n) is 7.34. The predicted octanol–water partition coefficient (Wildman–Crippen LogP) is 5.98. The van der Waals surface area contributed by atoms with Crippen LogP contribution >= 0.6 is 11.6 Å². The first-order valence-electron chi connectivity index (χ1n) is 13.7. The van der Waals surface area contributed by atoms with Gasteiger partial charge in [0.15, 0.2) is 0 Å². The van der Waals surface area contributed by atoms with Gasteiger partial charge in [0.2, 0.25) is 0 Å². The molecular weight excluding hydrogens is 573 g/mol. The summed E-state index contributed by atoms with van der Waals surface area (Å²) in [4.78, 5) is 15.7. The van der Waals surface area contributed by atoms with E-state index in [4.69, 9.17) is 21.1 Å². The fourth-order valence-corrected chi connectivity index (χ4v) is 5.47. The lowest BCUT2D eigenvalue weighted by atomic mass is 9.96. The Morgan fingerprint density at radius 3 is 2.70 bits per heavy atom. The highest BCUT2D eigenvalue weighted by molar-refractivity contribution is 6.32. The maximum absolute atomic E-state index is 14.6. The van der Waals surface area contributed by atoms with Gasteiger partial charge in [-0.25, -0.2) is 4.39 Å². The third kappa shape index (κ3) is 6.78. The second-order valence-corrected chi connectivity index (χ2v) is 10.7. The number of aliphatic hydroxyl groups excluding tert-OH is 1. The summed E-state index contributed by atoms with van der Waals surface area (Å²) in [7, 11) is 0. The van der Waals surface area contributed by atoms with Crippen LogP contribution in [0.2, 0.25) is 5.02 Å².